The van der Waals surface area contributed by atoms with Crippen LogP contribution in [-0.2, 0) is 9.59 Å². The summed E-state index contributed by atoms with van der Waals surface area (Å²) in [4.78, 5) is 41.4. The normalized spacial score (nSPS) is 18.2. The second kappa shape index (κ2) is 7.44. The lowest BCUT2D eigenvalue weighted by Crippen LogP contribution is -2.52. The van der Waals surface area contributed by atoms with Gasteiger partial charge in [0, 0.05) is 36.8 Å². The molecule has 2 aliphatic rings. The number of benzene rings is 1. The maximum absolute atomic E-state index is 12.4. The van der Waals surface area contributed by atoms with E-state index in [2.05, 4.69) is 0 Å². The summed E-state index contributed by atoms with van der Waals surface area (Å²) in [6, 6.07) is 6.80. The average Bonchev–Trinajstić information content (AvgIpc) is 3.00. The monoisotopic (exact) mass is 367 g/mol. The highest BCUT2D eigenvalue weighted by atomic mass is 35.5. The second-order valence-corrected chi connectivity index (χ2v) is 7.14. The second-order valence-electron chi connectivity index (χ2n) is 5.75. The number of amides is 3. The molecule has 3 amide bonds. The number of halogens is 1. The molecular weight excluding hydrogens is 350 g/mol. The fraction of sp³-hybridized carbons (Fsp3) is 0.438. The van der Waals surface area contributed by atoms with E-state index >= 15 is 0 Å². The van der Waals surface area contributed by atoms with Crippen molar-refractivity contribution in [2.75, 3.05) is 44.4 Å². The zero-order valence-electron chi connectivity index (χ0n) is 13.1. The van der Waals surface area contributed by atoms with Gasteiger partial charge in [0.25, 0.3) is 5.91 Å². The summed E-state index contributed by atoms with van der Waals surface area (Å²) in [6.07, 6.45) is 0. The Morgan fingerprint density at radius 1 is 1.04 bits per heavy atom. The molecule has 0 saturated carbocycles. The highest BCUT2D eigenvalue weighted by molar-refractivity contribution is 8.00. The average molecular weight is 368 g/mol. The smallest absolute Gasteiger partial charge is 0.253 e. The van der Waals surface area contributed by atoms with Crippen molar-refractivity contribution in [3.05, 3.63) is 34.9 Å². The van der Waals surface area contributed by atoms with Gasteiger partial charge in [0.1, 0.15) is 6.54 Å². The largest absolute Gasteiger partial charge is 0.338 e. The van der Waals surface area contributed by atoms with Crippen LogP contribution in [0.4, 0.5) is 0 Å². The first-order valence-corrected chi connectivity index (χ1v) is 9.26. The fourth-order valence-corrected chi connectivity index (χ4v) is 3.77. The molecule has 6 nitrogen and oxygen atoms in total. The molecule has 0 bridgehead atoms. The highest BCUT2D eigenvalue weighted by Crippen LogP contribution is 2.16. The molecule has 0 spiro atoms. The van der Waals surface area contributed by atoms with E-state index in [0.29, 0.717) is 48.4 Å². The van der Waals surface area contributed by atoms with Crippen molar-refractivity contribution in [3.63, 3.8) is 0 Å². The molecule has 2 fully saturated rings. The van der Waals surface area contributed by atoms with Crippen molar-refractivity contribution in [2.24, 2.45) is 0 Å². The summed E-state index contributed by atoms with van der Waals surface area (Å²) in [6.45, 7) is 2.11. The molecule has 2 saturated heterocycles. The Morgan fingerprint density at radius 3 is 2.25 bits per heavy atom. The minimum atomic E-state index is -0.0514. The van der Waals surface area contributed by atoms with Gasteiger partial charge in [-0.1, -0.05) is 11.6 Å². The van der Waals surface area contributed by atoms with Crippen LogP contribution < -0.4 is 0 Å². The summed E-state index contributed by atoms with van der Waals surface area (Å²) in [7, 11) is 0. The van der Waals surface area contributed by atoms with Gasteiger partial charge in [-0.05, 0) is 24.3 Å². The minimum absolute atomic E-state index is 0.0184. The molecule has 1 aromatic rings. The molecular formula is C16H18ClN3O3S. The minimum Gasteiger partial charge on any atom is -0.338 e. The van der Waals surface area contributed by atoms with E-state index in [1.807, 2.05) is 0 Å². The Kier molecular flexibility index (Phi) is 5.30. The molecule has 0 N–H and O–H groups in total. The first kappa shape index (κ1) is 17.1. The third kappa shape index (κ3) is 3.84. The maximum atomic E-state index is 12.4. The summed E-state index contributed by atoms with van der Waals surface area (Å²) in [5, 5.41) is 0.594. The number of piperazine rings is 1. The first-order valence-electron chi connectivity index (χ1n) is 7.73. The van der Waals surface area contributed by atoms with E-state index in [9.17, 15) is 14.4 Å². The molecule has 2 aliphatic heterocycles. The van der Waals surface area contributed by atoms with Crippen LogP contribution >= 0.6 is 23.4 Å². The molecule has 0 aromatic heterocycles. The molecule has 8 heteroatoms. The lowest BCUT2D eigenvalue weighted by molar-refractivity contribution is -0.138. The molecule has 128 valence electrons. The molecule has 0 atom stereocenters. The fourth-order valence-electron chi connectivity index (χ4n) is 2.74. The molecule has 0 radical (unpaired) electrons. The number of nitrogens with zero attached hydrogens (tertiary/aromatic N) is 3. The first-order chi connectivity index (χ1) is 11.5. The quantitative estimate of drug-likeness (QED) is 0.804. The van der Waals surface area contributed by atoms with Crippen LogP contribution in [0.25, 0.3) is 0 Å². The molecule has 0 aliphatic carbocycles. The number of hydrogen-bond donors (Lipinski definition) is 0. The highest BCUT2D eigenvalue weighted by Gasteiger charge is 2.28. The predicted octanol–water partition coefficient (Wildman–Crippen LogP) is 1.16. The van der Waals surface area contributed by atoms with Crippen LogP contribution in [0.3, 0.4) is 0 Å². The van der Waals surface area contributed by atoms with Crippen molar-refractivity contribution in [1.82, 2.24) is 14.7 Å². The van der Waals surface area contributed by atoms with Crippen molar-refractivity contribution >= 4 is 41.1 Å². The van der Waals surface area contributed by atoms with Gasteiger partial charge < -0.3 is 14.7 Å². The lowest BCUT2D eigenvalue weighted by atomic mass is 10.2. The Bertz CT molecular complexity index is 644. The Morgan fingerprint density at radius 2 is 1.67 bits per heavy atom. The van der Waals surface area contributed by atoms with Crippen LogP contribution in [0.15, 0.2) is 24.3 Å². The third-order valence-electron chi connectivity index (χ3n) is 4.16. The number of thioether (sulfide) groups is 1. The zero-order valence-corrected chi connectivity index (χ0v) is 14.7. The van der Waals surface area contributed by atoms with Gasteiger partial charge in [-0.2, -0.15) is 0 Å². The number of carbonyl (C=O) groups is 3. The van der Waals surface area contributed by atoms with Gasteiger partial charge >= 0.3 is 0 Å². The molecule has 3 rings (SSSR count). The van der Waals surface area contributed by atoms with Gasteiger partial charge in [-0.15, -0.1) is 11.8 Å². The maximum Gasteiger partial charge on any atom is 0.253 e. The van der Waals surface area contributed by atoms with Crippen molar-refractivity contribution < 1.29 is 14.4 Å². The third-order valence-corrected chi connectivity index (χ3v) is 5.36. The zero-order chi connectivity index (χ0) is 17.1. The van der Waals surface area contributed by atoms with E-state index in [0.717, 1.165) is 0 Å². The summed E-state index contributed by atoms with van der Waals surface area (Å²) in [5.74, 6) is 0.954. The predicted molar refractivity (Wildman–Crippen MR) is 93.0 cm³/mol. The number of hydrogen-bond acceptors (Lipinski definition) is 4. The van der Waals surface area contributed by atoms with E-state index in [-0.39, 0.29) is 24.3 Å². The molecule has 1 aromatic carbocycles. The van der Waals surface area contributed by atoms with Crippen molar-refractivity contribution in [3.8, 4) is 0 Å². The standard InChI is InChI=1S/C16H18ClN3O3S/c17-13-3-1-12(2-4-13)16(23)19-7-5-18(6-8-19)14(21)9-20-11-24-10-15(20)22/h1-4H,5-11H2. The Balaban J connectivity index is 1.51. The summed E-state index contributed by atoms with van der Waals surface area (Å²) in [5.41, 5.74) is 0.596. The summed E-state index contributed by atoms with van der Waals surface area (Å²) >= 11 is 7.36. The van der Waals surface area contributed by atoms with Crippen LogP contribution in [-0.4, -0.2) is 76.8 Å². The Hall–Kier alpha value is -1.73. The van der Waals surface area contributed by atoms with E-state index in [1.54, 1.807) is 39.0 Å². The summed E-state index contributed by atoms with van der Waals surface area (Å²) < 4.78 is 0. The SMILES string of the molecule is O=C(CN1CSCC1=O)N1CCN(C(=O)c2ccc(Cl)cc2)CC1. The van der Waals surface area contributed by atoms with E-state index in [1.165, 1.54) is 11.8 Å². The topological polar surface area (TPSA) is 60.9 Å². The van der Waals surface area contributed by atoms with Crippen molar-refractivity contribution in [2.45, 2.75) is 0 Å². The van der Waals surface area contributed by atoms with E-state index < -0.39 is 0 Å². The van der Waals surface area contributed by atoms with Gasteiger partial charge in [-0.3, -0.25) is 14.4 Å². The van der Waals surface area contributed by atoms with Gasteiger partial charge in [0.15, 0.2) is 0 Å². The Labute approximate surface area is 149 Å². The number of carbonyl (C=O) groups excluding carboxylic acids is 3. The van der Waals surface area contributed by atoms with Crippen LogP contribution in [0.2, 0.25) is 5.02 Å². The molecule has 2 heterocycles. The van der Waals surface area contributed by atoms with Crippen LogP contribution in [0.5, 0.6) is 0 Å². The molecule has 0 unspecified atom stereocenters. The molecule has 24 heavy (non-hydrogen) atoms. The van der Waals surface area contributed by atoms with Gasteiger partial charge in [0.2, 0.25) is 11.8 Å². The van der Waals surface area contributed by atoms with Crippen LogP contribution in [0, 0.1) is 0 Å². The van der Waals surface area contributed by atoms with Gasteiger partial charge in [0.05, 0.1) is 11.6 Å². The van der Waals surface area contributed by atoms with E-state index in [4.69, 9.17) is 11.6 Å². The van der Waals surface area contributed by atoms with Crippen molar-refractivity contribution in [1.29, 1.82) is 0 Å². The van der Waals surface area contributed by atoms with Crippen LogP contribution in [0.1, 0.15) is 10.4 Å². The van der Waals surface area contributed by atoms with Gasteiger partial charge in [-0.25, -0.2) is 0 Å². The lowest BCUT2D eigenvalue weighted by Gasteiger charge is -2.35. The number of rotatable bonds is 3.